The first-order chi connectivity index (χ1) is 18.3. The van der Waals surface area contributed by atoms with E-state index < -0.39 is 11.8 Å². The lowest BCUT2D eigenvalue weighted by Crippen LogP contribution is -2.43. The third kappa shape index (κ3) is 5.60. The lowest BCUT2D eigenvalue weighted by Gasteiger charge is -2.38. The molecule has 2 saturated carbocycles. The summed E-state index contributed by atoms with van der Waals surface area (Å²) in [5, 5.41) is 16.4. The van der Waals surface area contributed by atoms with Gasteiger partial charge in [-0.25, -0.2) is 4.98 Å². The van der Waals surface area contributed by atoms with Gasteiger partial charge in [-0.1, -0.05) is 0 Å². The molecular weight excluding hydrogens is 484 g/mol. The first-order valence-electron chi connectivity index (χ1n) is 13.5. The lowest BCUT2D eigenvalue weighted by atomic mass is 9.92. The second kappa shape index (κ2) is 11.0. The summed E-state index contributed by atoms with van der Waals surface area (Å²) in [5.74, 6) is 0.0476. The van der Waals surface area contributed by atoms with Crippen LogP contribution in [0.4, 0.5) is 11.5 Å². The molecule has 0 spiro atoms. The average molecular weight is 521 g/mol. The van der Waals surface area contributed by atoms with Crippen molar-refractivity contribution in [3.63, 3.8) is 0 Å². The van der Waals surface area contributed by atoms with Gasteiger partial charge in [-0.2, -0.15) is 0 Å². The molecule has 0 bridgehead atoms. The number of nitrogens with two attached hydrogens (primary N) is 2. The number of amides is 3. The second-order valence-corrected chi connectivity index (χ2v) is 10.8. The maximum absolute atomic E-state index is 13.3. The van der Waals surface area contributed by atoms with Crippen LogP contribution in [0.2, 0.25) is 0 Å². The molecule has 0 radical (unpaired) electrons. The number of pyridine rings is 1. The van der Waals surface area contributed by atoms with Crippen LogP contribution < -0.4 is 27.0 Å². The van der Waals surface area contributed by atoms with Crippen LogP contribution in [0.1, 0.15) is 82.4 Å². The fourth-order valence-corrected chi connectivity index (χ4v) is 6.32. The van der Waals surface area contributed by atoms with Crippen LogP contribution in [-0.2, 0) is 0 Å². The van der Waals surface area contributed by atoms with Gasteiger partial charge in [0, 0.05) is 42.1 Å². The van der Waals surface area contributed by atoms with Crippen molar-refractivity contribution in [3.05, 3.63) is 53.2 Å². The molecule has 202 valence electrons. The van der Waals surface area contributed by atoms with E-state index in [2.05, 4.69) is 20.5 Å². The van der Waals surface area contributed by atoms with Gasteiger partial charge < -0.3 is 32.1 Å². The van der Waals surface area contributed by atoms with Gasteiger partial charge in [0.25, 0.3) is 11.8 Å². The Hall–Kier alpha value is -3.66. The zero-order valence-electron chi connectivity index (χ0n) is 21.4. The molecule has 38 heavy (non-hydrogen) atoms. The highest BCUT2D eigenvalue weighted by Crippen LogP contribution is 2.39. The van der Waals surface area contributed by atoms with Crippen LogP contribution >= 0.6 is 0 Å². The molecule has 1 aliphatic heterocycles. The van der Waals surface area contributed by atoms with E-state index in [0.29, 0.717) is 41.1 Å². The minimum atomic E-state index is -0.548. The number of aliphatic hydroxyl groups excluding tert-OH is 1. The number of carbonyl (C=O) groups excluding carboxylic acids is 3. The highest BCUT2D eigenvalue weighted by atomic mass is 16.3. The predicted molar refractivity (Wildman–Crippen MR) is 144 cm³/mol. The van der Waals surface area contributed by atoms with Crippen LogP contribution in [0.5, 0.6) is 0 Å². The zero-order chi connectivity index (χ0) is 26.8. The van der Waals surface area contributed by atoms with Crippen molar-refractivity contribution >= 4 is 29.2 Å². The summed E-state index contributed by atoms with van der Waals surface area (Å²) in [6, 6.07) is 8.91. The minimum Gasteiger partial charge on any atom is -0.393 e. The molecule has 1 aromatic heterocycles. The monoisotopic (exact) mass is 520 g/mol. The molecule has 1 saturated heterocycles. The number of hydrogen-bond acceptors (Lipinski definition) is 7. The van der Waals surface area contributed by atoms with E-state index in [0.717, 1.165) is 50.9 Å². The van der Waals surface area contributed by atoms with Crippen molar-refractivity contribution in [2.24, 2.45) is 17.4 Å². The molecule has 2 aromatic rings. The Morgan fingerprint density at radius 2 is 1.68 bits per heavy atom. The van der Waals surface area contributed by atoms with Crippen LogP contribution in [0.3, 0.4) is 0 Å². The third-order valence-corrected chi connectivity index (χ3v) is 8.30. The molecule has 1 aromatic carbocycles. The summed E-state index contributed by atoms with van der Waals surface area (Å²) in [4.78, 5) is 43.5. The average Bonchev–Trinajstić information content (AvgIpc) is 3.32. The molecule has 2 heterocycles. The molecule has 3 aliphatic rings. The Labute approximate surface area is 222 Å². The van der Waals surface area contributed by atoms with Crippen molar-refractivity contribution in [2.75, 3.05) is 16.8 Å². The van der Waals surface area contributed by atoms with Gasteiger partial charge in [0.05, 0.1) is 17.2 Å². The Morgan fingerprint density at radius 3 is 2.37 bits per heavy atom. The molecule has 5 rings (SSSR count). The number of fused-ring (bicyclic) bond motifs is 1. The lowest BCUT2D eigenvalue weighted by molar-refractivity contribution is 0.0934. The quantitative estimate of drug-likeness (QED) is 0.373. The van der Waals surface area contributed by atoms with Gasteiger partial charge in [0.2, 0.25) is 5.91 Å². The molecule has 3 unspecified atom stereocenters. The summed E-state index contributed by atoms with van der Waals surface area (Å²) in [7, 11) is 0. The van der Waals surface area contributed by atoms with E-state index in [1.54, 1.807) is 24.3 Å². The number of carbonyl (C=O) groups is 3. The van der Waals surface area contributed by atoms with Crippen LogP contribution in [-0.4, -0.2) is 58.6 Å². The smallest absolute Gasteiger partial charge is 0.251 e. The molecule has 10 heteroatoms. The van der Waals surface area contributed by atoms with E-state index in [1.165, 1.54) is 6.20 Å². The summed E-state index contributed by atoms with van der Waals surface area (Å²) in [6.45, 7) is 0.882. The third-order valence-electron chi connectivity index (χ3n) is 8.30. The zero-order valence-corrected chi connectivity index (χ0v) is 21.4. The fraction of sp³-hybridized carbons (Fsp3) is 0.500. The van der Waals surface area contributed by atoms with Crippen molar-refractivity contribution in [1.29, 1.82) is 0 Å². The number of rotatable bonds is 7. The van der Waals surface area contributed by atoms with Gasteiger partial charge in [-0.05, 0) is 87.6 Å². The Kier molecular flexibility index (Phi) is 7.51. The maximum Gasteiger partial charge on any atom is 0.251 e. The van der Waals surface area contributed by atoms with Gasteiger partial charge >= 0.3 is 0 Å². The highest BCUT2D eigenvalue weighted by Gasteiger charge is 2.41. The largest absolute Gasteiger partial charge is 0.393 e. The van der Waals surface area contributed by atoms with Gasteiger partial charge in [-0.3, -0.25) is 14.4 Å². The topological polar surface area (TPSA) is 164 Å². The number of anilines is 2. The molecule has 7 N–H and O–H groups in total. The Balaban J connectivity index is 1.26. The number of hydrogen-bond donors (Lipinski definition) is 5. The van der Waals surface area contributed by atoms with E-state index >= 15 is 0 Å². The van der Waals surface area contributed by atoms with Crippen molar-refractivity contribution in [3.8, 4) is 0 Å². The van der Waals surface area contributed by atoms with E-state index in [9.17, 15) is 19.5 Å². The molecule has 3 atom stereocenters. The van der Waals surface area contributed by atoms with E-state index in [1.807, 2.05) is 6.07 Å². The fourth-order valence-electron chi connectivity index (χ4n) is 6.32. The van der Waals surface area contributed by atoms with Crippen molar-refractivity contribution in [2.45, 2.75) is 75.6 Å². The SMILES string of the molecule is NC(=O)c1ccc(N2CCCC3CC(NC(=O)c4ccc(C(N)=O)c(NC5CCC(O)CC5)c4)CC32)nc1. The summed E-state index contributed by atoms with van der Waals surface area (Å²) >= 11 is 0. The Morgan fingerprint density at radius 1 is 0.921 bits per heavy atom. The minimum absolute atomic E-state index is 0.0232. The molecule has 3 amide bonds. The Bertz CT molecular complexity index is 1190. The number of nitrogens with one attached hydrogen (secondary N) is 2. The predicted octanol–water partition coefficient (Wildman–Crippen LogP) is 2.17. The van der Waals surface area contributed by atoms with Crippen molar-refractivity contribution < 1.29 is 19.5 Å². The number of nitrogens with zero attached hydrogens (tertiary/aromatic N) is 2. The first kappa shape index (κ1) is 26.0. The summed E-state index contributed by atoms with van der Waals surface area (Å²) in [6.07, 6.45) is 8.07. The van der Waals surface area contributed by atoms with Gasteiger partial charge in [0.15, 0.2) is 0 Å². The van der Waals surface area contributed by atoms with Crippen LogP contribution in [0.15, 0.2) is 36.5 Å². The first-order valence-corrected chi connectivity index (χ1v) is 13.5. The number of aliphatic hydroxyl groups is 1. The van der Waals surface area contributed by atoms with Gasteiger partial charge in [-0.15, -0.1) is 0 Å². The number of piperidine rings is 1. The highest BCUT2D eigenvalue weighted by molar-refractivity contribution is 6.02. The van der Waals surface area contributed by atoms with Crippen LogP contribution in [0, 0.1) is 5.92 Å². The molecular formula is C28H36N6O4. The molecule has 3 fully saturated rings. The summed E-state index contributed by atoms with van der Waals surface area (Å²) in [5.41, 5.74) is 12.7. The number of primary amides is 2. The normalized spacial score (nSPS) is 26.9. The second-order valence-electron chi connectivity index (χ2n) is 10.8. The standard InChI is InChI=1S/C28H36N6O4/c29-26(36)18-4-10-25(31-15-18)34-11-1-2-16-12-20(14-24(16)34)33-28(38)17-3-9-22(27(30)37)23(13-17)32-19-5-7-21(35)8-6-19/h3-4,9-10,13,15-16,19-21,24,32,35H,1-2,5-8,11-12,14H2,(H2,29,36)(H2,30,37)(H,33,38). The maximum atomic E-state index is 13.3. The van der Waals surface area contributed by atoms with Gasteiger partial charge in [0.1, 0.15) is 5.82 Å². The molecule has 2 aliphatic carbocycles. The summed E-state index contributed by atoms with van der Waals surface area (Å²) < 4.78 is 0. The van der Waals surface area contributed by atoms with Crippen LogP contribution in [0.25, 0.3) is 0 Å². The molecule has 10 nitrogen and oxygen atoms in total. The van der Waals surface area contributed by atoms with Crippen molar-refractivity contribution in [1.82, 2.24) is 10.3 Å². The number of benzene rings is 1. The van der Waals surface area contributed by atoms with E-state index in [4.69, 9.17) is 11.5 Å². The number of aromatic nitrogens is 1. The van der Waals surface area contributed by atoms with E-state index in [-0.39, 0.29) is 30.1 Å².